The Kier molecular flexibility index (Phi) is 19.2. The van der Waals surface area contributed by atoms with Gasteiger partial charge in [0.1, 0.15) is 6.61 Å². The molecule has 0 aliphatic carbocycles. The van der Waals surface area contributed by atoms with Crippen LogP contribution in [0.15, 0.2) is 27.0 Å². The summed E-state index contributed by atoms with van der Waals surface area (Å²) < 4.78 is 3.99. The molecule has 0 radical (unpaired) electrons. The van der Waals surface area contributed by atoms with Crippen LogP contribution in [0.3, 0.4) is 0 Å². The number of ether oxygens (including phenoxy) is 1. The van der Waals surface area contributed by atoms with E-state index in [1.165, 1.54) is 11.4 Å². The maximum Gasteiger partial charge on any atom is 0.506 e. The zero-order chi connectivity index (χ0) is 18.4. The second-order valence-electron chi connectivity index (χ2n) is 3.02. The minimum atomic E-state index is -1.44. The van der Waals surface area contributed by atoms with Crippen LogP contribution in [-0.2, 0) is 4.74 Å². The summed E-state index contributed by atoms with van der Waals surface area (Å²) in [7, 11) is 0. The van der Waals surface area contributed by atoms with Crippen LogP contribution in [0.4, 0.5) is 14.4 Å². The van der Waals surface area contributed by atoms with E-state index in [-0.39, 0.29) is 18.9 Å². The van der Waals surface area contributed by atoms with Gasteiger partial charge < -0.3 is 33.0 Å². The minimum Gasteiger partial charge on any atom is -0.465 e. The summed E-state index contributed by atoms with van der Waals surface area (Å²) in [5.74, 6) is 0. The van der Waals surface area contributed by atoms with Crippen molar-refractivity contribution < 1.29 is 29.3 Å². The molecular weight excluding hydrogens is 350 g/mol. The number of rotatable bonds is 2. The molecule has 1 aromatic heterocycles. The number of hydrogen-bond donors (Lipinski definition) is 9. The quantitative estimate of drug-likeness (QED) is 0.208. The molecule has 1 rings (SSSR count). The van der Waals surface area contributed by atoms with Crippen LogP contribution in [0.1, 0.15) is 0 Å². The van der Waals surface area contributed by atoms with Gasteiger partial charge in [0.15, 0.2) is 0 Å². The summed E-state index contributed by atoms with van der Waals surface area (Å²) >= 11 is 0. The second kappa shape index (κ2) is 16.5. The Balaban J connectivity index is -0.000000129. The highest BCUT2D eigenvalue weighted by Gasteiger charge is 1.94. The molecule has 25 heavy (non-hydrogen) atoms. The lowest BCUT2D eigenvalue weighted by molar-refractivity contribution is 0.102. The van der Waals surface area contributed by atoms with Gasteiger partial charge in [0.25, 0.3) is 0 Å². The molecule has 0 atom stereocenters. The fourth-order valence-corrected chi connectivity index (χ4v) is 0.639. The smallest absolute Gasteiger partial charge is 0.465 e. The van der Waals surface area contributed by atoms with Crippen molar-refractivity contribution in [2.45, 2.75) is 0 Å². The van der Waals surface area contributed by atoms with Crippen LogP contribution >= 0.6 is 0 Å². The average molecular weight is 369 g/mol. The fraction of sp³-hybridized carbons (Fsp3) is 0.111. The summed E-state index contributed by atoms with van der Waals surface area (Å²) in [5.41, 5.74) is 1.96. The highest BCUT2D eigenvalue weighted by molar-refractivity contribution is 5.88. The van der Waals surface area contributed by atoms with E-state index in [1.807, 2.05) is 0 Å². The SMILES string of the molecule is C=CCOC(=O)O.N.N.NC(=O)NC(=O)O.O=c1[nH]c(=O)[nH]c(=O)[nH]1. The highest BCUT2D eigenvalue weighted by atomic mass is 16.7. The number of hydrogen-bond acceptors (Lipinski definition) is 9. The van der Waals surface area contributed by atoms with Gasteiger partial charge in [0, 0.05) is 0 Å². The van der Waals surface area contributed by atoms with Crippen molar-refractivity contribution in [2.75, 3.05) is 6.61 Å². The number of imide groups is 1. The van der Waals surface area contributed by atoms with Crippen LogP contribution in [0.2, 0.25) is 0 Å². The zero-order valence-electron chi connectivity index (χ0n) is 12.7. The van der Waals surface area contributed by atoms with Gasteiger partial charge in [-0.2, -0.15) is 0 Å². The number of nitrogens with one attached hydrogen (secondary N) is 4. The monoisotopic (exact) mass is 369 g/mol. The predicted molar refractivity (Wildman–Crippen MR) is 83.3 cm³/mol. The first kappa shape index (κ1) is 29.1. The number of carbonyl (C=O) groups excluding carboxylic acids is 1. The van der Waals surface area contributed by atoms with E-state index in [0.29, 0.717) is 0 Å². The molecule has 0 bridgehead atoms. The van der Waals surface area contributed by atoms with Crippen molar-refractivity contribution in [3.8, 4) is 0 Å². The Morgan fingerprint density at radius 2 is 1.40 bits per heavy atom. The molecule has 144 valence electrons. The molecular formula is C9H19N7O9. The Bertz CT molecular complexity index is 614. The molecule has 0 spiro atoms. The summed E-state index contributed by atoms with van der Waals surface area (Å²) in [4.78, 5) is 64.3. The summed E-state index contributed by atoms with van der Waals surface area (Å²) in [6, 6.07) is -1.06. The topological polar surface area (TPSA) is 308 Å². The van der Waals surface area contributed by atoms with E-state index >= 15 is 0 Å². The van der Waals surface area contributed by atoms with Gasteiger partial charge in [-0.15, -0.1) is 0 Å². The van der Waals surface area contributed by atoms with Crippen molar-refractivity contribution >= 4 is 18.3 Å². The number of amides is 3. The number of aromatic nitrogens is 3. The third-order valence-electron chi connectivity index (χ3n) is 1.24. The molecule has 0 fully saturated rings. The molecule has 0 saturated heterocycles. The maximum absolute atomic E-state index is 10.2. The first-order valence-electron chi connectivity index (χ1n) is 5.27. The number of urea groups is 1. The van der Waals surface area contributed by atoms with Gasteiger partial charge in [-0.3, -0.25) is 15.0 Å². The van der Waals surface area contributed by atoms with Crippen LogP contribution < -0.4 is 40.4 Å². The van der Waals surface area contributed by atoms with Gasteiger partial charge >= 0.3 is 35.3 Å². The molecule has 1 aromatic rings. The van der Waals surface area contributed by atoms with Gasteiger partial charge in [0.2, 0.25) is 0 Å². The van der Waals surface area contributed by atoms with Gasteiger partial charge in [-0.05, 0) is 0 Å². The molecule has 0 aromatic carbocycles. The van der Waals surface area contributed by atoms with Crippen molar-refractivity contribution in [1.82, 2.24) is 32.6 Å². The standard InChI is InChI=1S/C4H6O3.C3H3N3O3.C2H4N2O3.2H3N/c1-2-3-7-4(5)6;7-1-4-2(8)6-3(9)5-1;3-1(5)4-2(6)7;;/h2H,1,3H2,(H,5,6);(H3,4,5,6,7,8,9);(H,6,7)(H3,3,4,5);2*1H3. The summed E-state index contributed by atoms with van der Waals surface area (Å²) in [6.07, 6.45) is -1.33. The Labute approximate surface area is 137 Å². The van der Waals surface area contributed by atoms with Gasteiger partial charge in [-0.25, -0.2) is 34.1 Å². The third kappa shape index (κ3) is 25.4. The van der Waals surface area contributed by atoms with Crippen molar-refractivity contribution in [2.24, 2.45) is 5.73 Å². The molecule has 16 heteroatoms. The van der Waals surface area contributed by atoms with Crippen LogP contribution in [0, 0.1) is 0 Å². The van der Waals surface area contributed by atoms with E-state index in [2.05, 4.69) is 17.0 Å². The largest absolute Gasteiger partial charge is 0.506 e. The Hall–Kier alpha value is -3.92. The molecule has 0 unspecified atom stereocenters. The fourth-order valence-electron chi connectivity index (χ4n) is 0.639. The average Bonchev–Trinajstić information content (AvgIpc) is 2.34. The first-order valence-corrected chi connectivity index (χ1v) is 5.27. The van der Waals surface area contributed by atoms with Crippen molar-refractivity contribution in [3.05, 3.63) is 44.1 Å². The number of carboxylic acid groups (broad SMARTS) is 2. The normalized spacial score (nSPS) is 7.52. The molecule has 3 amide bonds. The van der Waals surface area contributed by atoms with Crippen molar-refractivity contribution in [3.63, 3.8) is 0 Å². The molecule has 0 saturated carbocycles. The van der Waals surface area contributed by atoms with Gasteiger partial charge in [0.05, 0.1) is 0 Å². The lowest BCUT2D eigenvalue weighted by Gasteiger charge is -1.88. The lowest BCUT2D eigenvalue weighted by atomic mass is 10.7. The van der Waals surface area contributed by atoms with E-state index in [1.54, 1.807) is 15.0 Å². The number of aromatic amines is 3. The van der Waals surface area contributed by atoms with E-state index in [4.69, 9.17) is 10.2 Å². The van der Waals surface area contributed by atoms with Crippen LogP contribution in [-0.4, -0.2) is 50.1 Å². The summed E-state index contributed by atoms with van der Waals surface area (Å²) in [5, 5.41) is 16.8. The number of nitrogens with two attached hydrogens (primary N) is 1. The van der Waals surface area contributed by atoms with Crippen LogP contribution in [0.25, 0.3) is 0 Å². The van der Waals surface area contributed by atoms with E-state index in [9.17, 15) is 28.8 Å². The Morgan fingerprint density at radius 1 is 1.04 bits per heavy atom. The lowest BCUT2D eigenvalue weighted by Crippen LogP contribution is -2.34. The van der Waals surface area contributed by atoms with Crippen LogP contribution in [0.5, 0.6) is 0 Å². The molecule has 16 nitrogen and oxygen atoms in total. The number of carbonyl (C=O) groups is 3. The zero-order valence-corrected chi connectivity index (χ0v) is 12.7. The van der Waals surface area contributed by atoms with Gasteiger partial charge in [-0.1, -0.05) is 12.7 Å². The minimum absolute atomic E-state index is 0. The first-order chi connectivity index (χ1) is 10.6. The Morgan fingerprint density at radius 3 is 1.52 bits per heavy atom. The molecule has 1 heterocycles. The molecule has 14 N–H and O–H groups in total. The highest BCUT2D eigenvalue weighted by Crippen LogP contribution is 1.73. The maximum atomic E-state index is 10.2. The van der Waals surface area contributed by atoms with E-state index < -0.39 is 35.3 Å². The summed E-state index contributed by atoms with van der Waals surface area (Å²) in [6.45, 7) is 3.31. The third-order valence-corrected chi connectivity index (χ3v) is 1.24. The number of primary amides is 1. The van der Waals surface area contributed by atoms with E-state index in [0.717, 1.165) is 0 Å². The molecule has 0 aliphatic heterocycles. The molecule has 0 aliphatic rings. The number of H-pyrrole nitrogens is 3. The van der Waals surface area contributed by atoms with Crippen molar-refractivity contribution in [1.29, 1.82) is 0 Å². The second-order valence-corrected chi connectivity index (χ2v) is 3.02. The predicted octanol–water partition coefficient (Wildman–Crippen LogP) is -1.72.